The van der Waals surface area contributed by atoms with E-state index in [-0.39, 0.29) is 0 Å². The van der Waals surface area contributed by atoms with Crippen LogP contribution in [-0.2, 0) is 0 Å². The Labute approximate surface area is 385 Å². The number of anilines is 6. The van der Waals surface area contributed by atoms with Crippen LogP contribution in [-0.4, -0.2) is 0 Å². The second-order valence-electron chi connectivity index (χ2n) is 15.6. The Morgan fingerprint density at radius 3 is 0.906 bits per heavy atom. The highest BCUT2D eigenvalue weighted by atomic mass is 35.5. The first-order chi connectivity index (χ1) is 31.6. The van der Waals surface area contributed by atoms with E-state index in [1.54, 1.807) is 0 Å². The molecule has 64 heavy (non-hydrogen) atoms. The number of halogens is 2. The van der Waals surface area contributed by atoms with Gasteiger partial charge in [0.1, 0.15) is 0 Å². The first kappa shape index (κ1) is 40.5. The molecular weight excluding hydrogens is 820 g/mol. The fourth-order valence-electron chi connectivity index (χ4n) is 8.36. The Balaban J connectivity index is 0.902. The summed E-state index contributed by atoms with van der Waals surface area (Å²) in [4.78, 5) is 4.52. The second kappa shape index (κ2) is 18.4. The average molecular weight is 862 g/mol. The molecule has 10 rings (SSSR count). The SMILES string of the molecule is Clc1ccc(N(c2ccc(-c3ccccc3)cc2)c2ccccc2-c2ccc(-c3ccc(-c4ccc(N(c5ccc(-c6ccccc6)cc5)c5ccccc5Cl)cc4)cc3)cc2)cc1. The molecule has 10 aromatic rings. The molecule has 0 heterocycles. The van der Waals surface area contributed by atoms with E-state index in [2.05, 4.69) is 222 Å². The molecule has 0 bridgehead atoms. The van der Waals surface area contributed by atoms with Crippen LogP contribution in [0.4, 0.5) is 34.1 Å². The highest BCUT2D eigenvalue weighted by molar-refractivity contribution is 6.33. The molecule has 0 amide bonds. The minimum atomic E-state index is 0.691. The van der Waals surface area contributed by atoms with Crippen LogP contribution in [0.2, 0.25) is 10.0 Å². The van der Waals surface area contributed by atoms with E-state index in [9.17, 15) is 0 Å². The number of rotatable bonds is 11. The highest BCUT2D eigenvalue weighted by Crippen LogP contribution is 2.43. The molecule has 0 spiro atoms. The molecule has 0 aliphatic carbocycles. The number of para-hydroxylation sites is 2. The maximum absolute atomic E-state index is 6.82. The zero-order valence-corrected chi connectivity index (χ0v) is 36.4. The lowest BCUT2D eigenvalue weighted by Gasteiger charge is -2.28. The Hall–Kier alpha value is -7.62. The van der Waals surface area contributed by atoms with E-state index in [1.165, 1.54) is 22.3 Å². The van der Waals surface area contributed by atoms with Crippen LogP contribution in [0.1, 0.15) is 0 Å². The van der Waals surface area contributed by atoms with Gasteiger partial charge in [0.15, 0.2) is 0 Å². The van der Waals surface area contributed by atoms with Crippen molar-refractivity contribution in [3.05, 3.63) is 265 Å². The largest absolute Gasteiger partial charge is 0.310 e. The number of hydrogen-bond donors (Lipinski definition) is 0. The molecule has 0 aromatic heterocycles. The third kappa shape index (κ3) is 8.58. The van der Waals surface area contributed by atoms with Crippen molar-refractivity contribution in [3.8, 4) is 55.6 Å². The van der Waals surface area contributed by atoms with Crippen LogP contribution in [0.15, 0.2) is 255 Å². The standard InChI is InChI=1S/C60H42Cl2N2/c61-52-33-41-56(42-34-52)63(53-35-27-48(28-36-53)43-11-3-1-4-12-43)59-17-9-7-15-57(59)51-25-23-47(24-26-51)45-19-21-46(22-20-45)50-31-39-55(40-32-50)64(60-18-10-8-16-58(60)62)54-37-29-49(30-38-54)44-13-5-2-6-14-44/h1-42H. The molecular formula is C60H42Cl2N2. The Morgan fingerprint density at radius 1 is 0.219 bits per heavy atom. The molecule has 0 radical (unpaired) electrons. The van der Waals surface area contributed by atoms with Crippen molar-refractivity contribution in [2.24, 2.45) is 0 Å². The first-order valence-electron chi connectivity index (χ1n) is 21.4. The first-order valence-corrected chi connectivity index (χ1v) is 22.1. The molecule has 306 valence electrons. The van der Waals surface area contributed by atoms with Crippen LogP contribution in [0.3, 0.4) is 0 Å². The lowest BCUT2D eigenvalue weighted by molar-refractivity contribution is 1.28. The fourth-order valence-corrected chi connectivity index (χ4v) is 8.70. The predicted molar refractivity (Wildman–Crippen MR) is 273 cm³/mol. The monoisotopic (exact) mass is 860 g/mol. The predicted octanol–water partition coefficient (Wildman–Crippen LogP) is 18.3. The highest BCUT2D eigenvalue weighted by Gasteiger charge is 2.19. The smallest absolute Gasteiger partial charge is 0.0647 e. The van der Waals surface area contributed by atoms with Crippen molar-refractivity contribution in [1.29, 1.82) is 0 Å². The van der Waals surface area contributed by atoms with Gasteiger partial charge in [-0.1, -0.05) is 199 Å². The Morgan fingerprint density at radius 2 is 0.500 bits per heavy atom. The quantitative estimate of drug-likeness (QED) is 0.128. The summed E-state index contributed by atoms with van der Waals surface area (Å²) in [6, 6.07) is 89.4. The summed E-state index contributed by atoms with van der Waals surface area (Å²) in [6.07, 6.45) is 0. The third-order valence-corrected chi connectivity index (χ3v) is 12.2. The maximum Gasteiger partial charge on any atom is 0.0647 e. The summed E-state index contributed by atoms with van der Waals surface area (Å²) in [5.41, 5.74) is 17.7. The van der Waals surface area contributed by atoms with E-state index in [0.717, 1.165) is 67.5 Å². The zero-order valence-electron chi connectivity index (χ0n) is 34.9. The fraction of sp³-hybridized carbons (Fsp3) is 0. The van der Waals surface area contributed by atoms with Gasteiger partial charge >= 0.3 is 0 Å². The third-order valence-electron chi connectivity index (χ3n) is 11.7. The number of nitrogens with zero attached hydrogens (tertiary/aromatic N) is 2. The summed E-state index contributed by atoms with van der Waals surface area (Å²) in [7, 11) is 0. The number of benzene rings is 10. The van der Waals surface area contributed by atoms with Crippen molar-refractivity contribution in [1.82, 2.24) is 0 Å². The second-order valence-corrected chi connectivity index (χ2v) is 16.5. The normalized spacial score (nSPS) is 11.0. The van der Waals surface area contributed by atoms with Crippen LogP contribution >= 0.6 is 23.2 Å². The summed E-state index contributed by atoms with van der Waals surface area (Å²) in [5.74, 6) is 0. The lowest BCUT2D eigenvalue weighted by Crippen LogP contribution is -2.11. The van der Waals surface area contributed by atoms with E-state index in [0.29, 0.717) is 10.0 Å². The van der Waals surface area contributed by atoms with E-state index in [1.807, 2.05) is 42.5 Å². The topological polar surface area (TPSA) is 6.48 Å². The molecule has 0 atom stereocenters. The minimum absolute atomic E-state index is 0.691. The van der Waals surface area contributed by atoms with Gasteiger partial charge in [-0.25, -0.2) is 0 Å². The van der Waals surface area contributed by atoms with Gasteiger partial charge < -0.3 is 9.80 Å². The van der Waals surface area contributed by atoms with Crippen molar-refractivity contribution >= 4 is 57.3 Å². The van der Waals surface area contributed by atoms with Gasteiger partial charge in [-0.05, 0) is 129 Å². The van der Waals surface area contributed by atoms with Gasteiger partial charge in [0, 0.05) is 33.3 Å². The summed E-state index contributed by atoms with van der Waals surface area (Å²) >= 11 is 13.2. The molecule has 0 unspecified atom stereocenters. The van der Waals surface area contributed by atoms with Gasteiger partial charge in [-0.3, -0.25) is 0 Å². The zero-order chi connectivity index (χ0) is 43.2. The molecule has 4 heteroatoms. The summed E-state index contributed by atoms with van der Waals surface area (Å²) in [5, 5.41) is 1.40. The molecule has 0 aliphatic rings. The summed E-state index contributed by atoms with van der Waals surface area (Å²) < 4.78 is 0. The van der Waals surface area contributed by atoms with Crippen LogP contribution in [0, 0.1) is 0 Å². The van der Waals surface area contributed by atoms with Crippen molar-refractivity contribution in [2.45, 2.75) is 0 Å². The van der Waals surface area contributed by atoms with Gasteiger partial charge in [-0.2, -0.15) is 0 Å². The number of hydrogen-bond acceptors (Lipinski definition) is 2. The molecule has 0 saturated carbocycles. The Bertz CT molecular complexity index is 3110. The summed E-state index contributed by atoms with van der Waals surface area (Å²) in [6.45, 7) is 0. The van der Waals surface area contributed by atoms with Gasteiger partial charge in [0.2, 0.25) is 0 Å². The van der Waals surface area contributed by atoms with Gasteiger partial charge in [0.25, 0.3) is 0 Å². The molecule has 10 aromatic carbocycles. The molecule has 0 fully saturated rings. The van der Waals surface area contributed by atoms with E-state index < -0.39 is 0 Å². The van der Waals surface area contributed by atoms with Gasteiger partial charge in [-0.15, -0.1) is 0 Å². The van der Waals surface area contributed by atoms with Crippen LogP contribution in [0.25, 0.3) is 55.6 Å². The van der Waals surface area contributed by atoms with Crippen molar-refractivity contribution in [3.63, 3.8) is 0 Å². The van der Waals surface area contributed by atoms with E-state index >= 15 is 0 Å². The molecule has 0 N–H and O–H groups in total. The minimum Gasteiger partial charge on any atom is -0.310 e. The maximum atomic E-state index is 6.82. The van der Waals surface area contributed by atoms with Crippen molar-refractivity contribution in [2.75, 3.05) is 9.80 Å². The molecule has 0 saturated heterocycles. The molecule has 0 aliphatic heterocycles. The Kier molecular flexibility index (Phi) is 11.6. The van der Waals surface area contributed by atoms with Crippen LogP contribution in [0.5, 0.6) is 0 Å². The molecule has 2 nitrogen and oxygen atoms in total. The average Bonchev–Trinajstić information content (AvgIpc) is 3.37. The van der Waals surface area contributed by atoms with E-state index in [4.69, 9.17) is 23.2 Å². The lowest BCUT2D eigenvalue weighted by atomic mass is 9.97. The van der Waals surface area contributed by atoms with Gasteiger partial charge in [0.05, 0.1) is 16.4 Å². The van der Waals surface area contributed by atoms with Crippen LogP contribution < -0.4 is 9.80 Å². The van der Waals surface area contributed by atoms with Crippen molar-refractivity contribution < 1.29 is 0 Å².